The first-order valence-electron chi connectivity index (χ1n) is 8.59. The molecule has 0 spiro atoms. The Morgan fingerprint density at radius 3 is 2.04 bits per heavy atom. The lowest BCUT2D eigenvalue weighted by atomic mass is 9.97. The van der Waals surface area contributed by atoms with Gasteiger partial charge in [-0.2, -0.15) is 0 Å². The summed E-state index contributed by atoms with van der Waals surface area (Å²) in [6, 6.07) is 27.2. The minimum Gasteiger partial charge on any atom is -0.352 e. The van der Waals surface area contributed by atoms with E-state index >= 15 is 0 Å². The maximum Gasteiger partial charge on any atom is 0.251 e. The monoisotopic (exact) mass is 361 g/mol. The molecular formula is C23H20ClNO. The van der Waals surface area contributed by atoms with Crippen molar-refractivity contribution >= 4 is 23.1 Å². The van der Waals surface area contributed by atoms with E-state index < -0.39 is 0 Å². The molecule has 26 heavy (non-hydrogen) atoms. The summed E-state index contributed by atoms with van der Waals surface area (Å²) in [5.74, 6) is -0.0574. The first-order valence-corrected chi connectivity index (χ1v) is 8.97. The van der Waals surface area contributed by atoms with Gasteiger partial charge in [-0.1, -0.05) is 84.4 Å². The molecule has 0 bridgehead atoms. The highest BCUT2D eigenvalue weighted by molar-refractivity contribution is 6.32. The highest BCUT2D eigenvalue weighted by Crippen LogP contribution is 2.29. The van der Waals surface area contributed by atoms with Gasteiger partial charge in [0.25, 0.3) is 5.91 Å². The van der Waals surface area contributed by atoms with Crippen LogP contribution < -0.4 is 5.32 Å². The summed E-state index contributed by atoms with van der Waals surface area (Å²) in [6.45, 7) is 0.564. The van der Waals surface area contributed by atoms with Crippen LogP contribution >= 0.6 is 11.6 Å². The summed E-state index contributed by atoms with van der Waals surface area (Å²) in [4.78, 5) is 12.1. The molecule has 0 heterocycles. The van der Waals surface area contributed by atoms with Crippen LogP contribution in [-0.2, 0) is 0 Å². The van der Waals surface area contributed by atoms with Crippen molar-refractivity contribution in [2.24, 2.45) is 0 Å². The van der Waals surface area contributed by atoms with E-state index in [1.165, 1.54) is 0 Å². The number of hydrogen-bond acceptors (Lipinski definition) is 1. The third-order valence-electron chi connectivity index (χ3n) is 4.06. The summed E-state index contributed by atoms with van der Waals surface area (Å²) in [7, 11) is 0. The molecule has 3 aromatic rings. The summed E-state index contributed by atoms with van der Waals surface area (Å²) >= 11 is 6.40. The van der Waals surface area contributed by atoms with Crippen LogP contribution in [0.15, 0.2) is 91.0 Å². The first kappa shape index (κ1) is 18.0. The zero-order valence-electron chi connectivity index (χ0n) is 14.4. The lowest BCUT2D eigenvalue weighted by molar-refractivity contribution is 0.0954. The van der Waals surface area contributed by atoms with E-state index in [0.29, 0.717) is 18.5 Å². The number of amides is 1. The third-order valence-corrected chi connectivity index (χ3v) is 4.39. The van der Waals surface area contributed by atoms with Crippen LogP contribution in [0.5, 0.6) is 0 Å². The molecule has 1 N–H and O–H groups in total. The van der Waals surface area contributed by atoms with Crippen LogP contribution in [0.4, 0.5) is 0 Å². The molecule has 3 heteroatoms. The van der Waals surface area contributed by atoms with Crippen molar-refractivity contribution in [3.63, 3.8) is 0 Å². The average Bonchev–Trinajstić information content (AvgIpc) is 2.70. The van der Waals surface area contributed by atoms with E-state index in [1.807, 2.05) is 72.8 Å². The lowest BCUT2D eigenvalue weighted by Crippen LogP contribution is -2.24. The smallest absolute Gasteiger partial charge is 0.251 e. The first-order chi connectivity index (χ1) is 12.8. The number of benzene rings is 3. The second-order valence-corrected chi connectivity index (χ2v) is 6.28. The molecule has 3 rings (SSSR count). The zero-order valence-corrected chi connectivity index (χ0v) is 15.1. The van der Waals surface area contributed by atoms with Crippen molar-refractivity contribution in [3.05, 3.63) is 113 Å². The molecule has 0 saturated carbocycles. The van der Waals surface area contributed by atoms with Crippen LogP contribution in [0.2, 0.25) is 5.02 Å². The van der Waals surface area contributed by atoms with E-state index in [2.05, 4.69) is 23.5 Å². The van der Waals surface area contributed by atoms with Gasteiger partial charge in [-0.3, -0.25) is 4.79 Å². The largest absolute Gasteiger partial charge is 0.352 e. The Balaban J connectivity index is 1.73. The standard InChI is InChI=1S/C23H20ClNO/c24-22-16-8-7-14-21(22)20(18-10-3-1-4-11-18)15-9-17-25-23(26)19-12-5-2-6-13-19/h1-8,10-16H,9,17H2,(H,25,26). The van der Waals surface area contributed by atoms with E-state index in [9.17, 15) is 4.79 Å². The van der Waals surface area contributed by atoms with E-state index in [1.54, 1.807) is 0 Å². The molecule has 0 fully saturated rings. The summed E-state index contributed by atoms with van der Waals surface area (Å²) in [5, 5.41) is 3.67. The second kappa shape index (κ2) is 9.02. The van der Waals surface area contributed by atoms with E-state index in [4.69, 9.17) is 11.6 Å². The Hall–Kier alpha value is -2.84. The molecule has 0 unspecified atom stereocenters. The minimum absolute atomic E-state index is 0.0574. The highest BCUT2D eigenvalue weighted by atomic mass is 35.5. The Morgan fingerprint density at radius 2 is 1.38 bits per heavy atom. The molecule has 0 aliphatic rings. The van der Waals surface area contributed by atoms with Crippen LogP contribution in [-0.4, -0.2) is 12.5 Å². The Morgan fingerprint density at radius 1 is 0.808 bits per heavy atom. The van der Waals surface area contributed by atoms with Gasteiger partial charge in [-0.05, 0) is 35.8 Å². The van der Waals surface area contributed by atoms with Gasteiger partial charge in [-0.25, -0.2) is 0 Å². The minimum atomic E-state index is -0.0574. The number of carbonyl (C=O) groups is 1. The predicted octanol–water partition coefficient (Wildman–Crippen LogP) is 5.59. The normalized spacial score (nSPS) is 11.2. The van der Waals surface area contributed by atoms with Gasteiger partial charge in [0.1, 0.15) is 0 Å². The molecule has 1 amide bonds. The Labute approximate surface area is 159 Å². The molecule has 130 valence electrons. The van der Waals surface area contributed by atoms with Crippen molar-refractivity contribution < 1.29 is 4.79 Å². The fourth-order valence-electron chi connectivity index (χ4n) is 2.77. The van der Waals surface area contributed by atoms with Crippen molar-refractivity contribution in [1.82, 2.24) is 5.32 Å². The van der Waals surface area contributed by atoms with Crippen molar-refractivity contribution in [2.45, 2.75) is 6.42 Å². The maximum atomic E-state index is 12.1. The van der Waals surface area contributed by atoms with Crippen LogP contribution in [0.3, 0.4) is 0 Å². The van der Waals surface area contributed by atoms with Crippen molar-refractivity contribution in [3.8, 4) is 0 Å². The number of rotatable bonds is 6. The van der Waals surface area contributed by atoms with Gasteiger partial charge >= 0.3 is 0 Å². The molecule has 2 nitrogen and oxygen atoms in total. The number of halogens is 1. The van der Waals surface area contributed by atoms with Crippen molar-refractivity contribution in [2.75, 3.05) is 6.54 Å². The molecule has 0 radical (unpaired) electrons. The van der Waals surface area contributed by atoms with Gasteiger partial charge in [-0.15, -0.1) is 0 Å². The SMILES string of the molecule is O=C(NCCC=C(c1ccccc1)c1ccccc1Cl)c1ccccc1. The molecule has 0 atom stereocenters. The molecular weight excluding hydrogens is 342 g/mol. The molecule has 0 aromatic heterocycles. The summed E-state index contributed by atoms with van der Waals surface area (Å²) < 4.78 is 0. The predicted molar refractivity (Wildman–Crippen MR) is 108 cm³/mol. The fourth-order valence-corrected chi connectivity index (χ4v) is 3.01. The van der Waals surface area contributed by atoms with Gasteiger partial charge < -0.3 is 5.32 Å². The van der Waals surface area contributed by atoms with Crippen LogP contribution in [0.1, 0.15) is 27.9 Å². The third kappa shape index (κ3) is 4.62. The Kier molecular flexibility index (Phi) is 6.24. The molecule has 0 aliphatic heterocycles. The quantitative estimate of drug-likeness (QED) is 0.569. The van der Waals surface area contributed by atoms with Gasteiger partial charge in [0.2, 0.25) is 0 Å². The van der Waals surface area contributed by atoms with Gasteiger partial charge in [0, 0.05) is 22.7 Å². The van der Waals surface area contributed by atoms with E-state index in [-0.39, 0.29) is 5.91 Å². The highest BCUT2D eigenvalue weighted by Gasteiger charge is 2.08. The Bertz CT molecular complexity index is 888. The second-order valence-electron chi connectivity index (χ2n) is 5.87. The summed E-state index contributed by atoms with van der Waals surface area (Å²) in [5.41, 5.74) is 3.85. The van der Waals surface area contributed by atoms with Gasteiger partial charge in [0.05, 0.1) is 0 Å². The number of carbonyl (C=O) groups excluding carboxylic acids is 1. The zero-order chi connectivity index (χ0) is 18.2. The fraction of sp³-hybridized carbons (Fsp3) is 0.0870. The molecule has 0 aliphatic carbocycles. The topological polar surface area (TPSA) is 29.1 Å². The van der Waals surface area contributed by atoms with Gasteiger partial charge in [0.15, 0.2) is 0 Å². The summed E-state index contributed by atoms with van der Waals surface area (Å²) in [6.07, 6.45) is 2.84. The molecule has 0 saturated heterocycles. The van der Waals surface area contributed by atoms with Crippen LogP contribution in [0, 0.1) is 0 Å². The molecule has 3 aromatic carbocycles. The van der Waals surface area contributed by atoms with E-state index in [0.717, 1.165) is 21.7 Å². The maximum absolute atomic E-state index is 12.1. The number of hydrogen-bond donors (Lipinski definition) is 1. The van der Waals surface area contributed by atoms with Crippen LogP contribution in [0.25, 0.3) is 5.57 Å². The number of nitrogens with one attached hydrogen (secondary N) is 1. The van der Waals surface area contributed by atoms with Crippen molar-refractivity contribution in [1.29, 1.82) is 0 Å². The lowest BCUT2D eigenvalue weighted by Gasteiger charge is -2.11. The average molecular weight is 362 g/mol.